The van der Waals surface area contributed by atoms with Gasteiger partial charge >= 0.3 is 5.97 Å². The third-order valence-corrected chi connectivity index (χ3v) is 6.35. The second-order valence-corrected chi connectivity index (χ2v) is 10.0. The monoisotopic (exact) mass is 408 g/mol. The summed E-state index contributed by atoms with van der Waals surface area (Å²) >= 11 is 1.50. The van der Waals surface area contributed by atoms with Crippen molar-refractivity contribution in [3.05, 3.63) is 16.0 Å². The molecule has 0 saturated heterocycles. The second kappa shape index (κ2) is 9.07. The van der Waals surface area contributed by atoms with Crippen LogP contribution in [0.4, 0.5) is 5.00 Å². The zero-order chi connectivity index (χ0) is 21.1. The maximum Gasteiger partial charge on any atom is 0.303 e. The van der Waals surface area contributed by atoms with Crippen LogP contribution >= 0.6 is 11.3 Å². The third kappa shape index (κ3) is 5.80. The Labute approximate surface area is 171 Å². The standard InChI is InChI=1S/C21H32N2O4S/c1-12(2)22-19(27)18-14-10-9-13(21(3,4)5)11-15(14)28-20(18)23-16(24)7-6-8-17(25)26/h12-13H,6-11H2,1-5H3,(H,22,27)(H,23,24)(H,25,26). The summed E-state index contributed by atoms with van der Waals surface area (Å²) in [6, 6.07) is 0.00748. The fourth-order valence-electron chi connectivity index (χ4n) is 3.58. The molecular weight excluding hydrogens is 376 g/mol. The van der Waals surface area contributed by atoms with Crippen LogP contribution < -0.4 is 10.6 Å². The van der Waals surface area contributed by atoms with E-state index < -0.39 is 5.97 Å². The molecule has 1 aliphatic rings. The molecule has 2 amide bonds. The summed E-state index contributed by atoms with van der Waals surface area (Å²) in [5.74, 6) is -0.767. The summed E-state index contributed by atoms with van der Waals surface area (Å²) < 4.78 is 0. The van der Waals surface area contributed by atoms with Crippen LogP contribution in [0.3, 0.4) is 0 Å². The summed E-state index contributed by atoms with van der Waals surface area (Å²) in [5, 5.41) is 15.2. The van der Waals surface area contributed by atoms with E-state index in [0.717, 1.165) is 24.8 Å². The normalized spacial score (nSPS) is 16.6. The number of anilines is 1. The maximum absolute atomic E-state index is 12.8. The van der Waals surface area contributed by atoms with E-state index >= 15 is 0 Å². The summed E-state index contributed by atoms with van der Waals surface area (Å²) in [5.41, 5.74) is 1.85. The van der Waals surface area contributed by atoms with Gasteiger partial charge in [-0.3, -0.25) is 14.4 Å². The summed E-state index contributed by atoms with van der Waals surface area (Å²) in [7, 11) is 0. The molecule has 1 atom stereocenters. The SMILES string of the molecule is CC(C)NC(=O)c1c(NC(=O)CCCC(=O)O)sc2c1CCC(C(C)(C)C)C2. The predicted octanol–water partition coefficient (Wildman–Crippen LogP) is 4.23. The van der Waals surface area contributed by atoms with Crippen LogP contribution in [-0.4, -0.2) is 28.9 Å². The van der Waals surface area contributed by atoms with Crippen LogP contribution in [-0.2, 0) is 22.4 Å². The molecule has 7 heteroatoms. The number of nitrogens with one attached hydrogen (secondary N) is 2. The summed E-state index contributed by atoms with van der Waals surface area (Å²) in [6.07, 6.45) is 3.16. The van der Waals surface area contributed by atoms with Crippen LogP contribution in [0.25, 0.3) is 0 Å². The lowest BCUT2D eigenvalue weighted by Crippen LogP contribution is -2.32. The molecule has 1 unspecified atom stereocenters. The van der Waals surface area contributed by atoms with Gasteiger partial charge in [0.1, 0.15) is 5.00 Å². The number of amides is 2. The van der Waals surface area contributed by atoms with E-state index in [9.17, 15) is 14.4 Å². The van der Waals surface area contributed by atoms with Crippen molar-refractivity contribution in [2.45, 2.75) is 79.2 Å². The van der Waals surface area contributed by atoms with E-state index in [1.165, 1.54) is 16.2 Å². The van der Waals surface area contributed by atoms with Crippen molar-refractivity contribution in [1.82, 2.24) is 5.32 Å². The highest BCUT2D eigenvalue weighted by Gasteiger charge is 2.34. The Morgan fingerprint density at radius 2 is 1.89 bits per heavy atom. The Morgan fingerprint density at radius 1 is 1.21 bits per heavy atom. The fraction of sp³-hybridized carbons (Fsp3) is 0.667. The number of hydrogen-bond donors (Lipinski definition) is 3. The molecule has 3 N–H and O–H groups in total. The smallest absolute Gasteiger partial charge is 0.303 e. The van der Waals surface area contributed by atoms with Crippen LogP contribution in [0.15, 0.2) is 0 Å². The molecule has 0 aromatic carbocycles. The minimum absolute atomic E-state index is 0.00748. The number of hydrogen-bond acceptors (Lipinski definition) is 4. The molecule has 156 valence electrons. The molecule has 0 radical (unpaired) electrons. The first-order valence-electron chi connectivity index (χ1n) is 9.96. The van der Waals surface area contributed by atoms with Crippen molar-refractivity contribution in [1.29, 1.82) is 0 Å². The van der Waals surface area contributed by atoms with Crippen molar-refractivity contribution >= 4 is 34.1 Å². The highest BCUT2D eigenvalue weighted by molar-refractivity contribution is 7.17. The van der Waals surface area contributed by atoms with Gasteiger partial charge in [0.2, 0.25) is 5.91 Å². The number of carbonyl (C=O) groups excluding carboxylic acids is 2. The molecule has 0 saturated carbocycles. The Balaban J connectivity index is 2.26. The van der Waals surface area contributed by atoms with Crippen molar-refractivity contribution in [3.8, 4) is 0 Å². The molecule has 2 rings (SSSR count). The minimum atomic E-state index is -0.912. The number of thiophene rings is 1. The molecule has 0 fully saturated rings. The van der Waals surface area contributed by atoms with E-state index in [1.54, 1.807) is 0 Å². The molecule has 28 heavy (non-hydrogen) atoms. The molecule has 1 aromatic rings. The first-order valence-corrected chi connectivity index (χ1v) is 10.8. The fourth-order valence-corrected chi connectivity index (χ4v) is 4.92. The van der Waals surface area contributed by atoms with Gasteiger partial charge in [-0.25, -0.2) is 0 Å². The zero-order valence-electron chi connectivity index (χ0n) is 17.5. The lowest BCUT2D eigenvalue weighted by atomic mass is 9.72. The first kappa shape index (κ1) is 22.4. The molecule has 0 spiro atoms. The van der Waals surface area contributed by atoms with Crippen LogP contribution in [0, 0.1) is 11.3 Å². The average Bonchev–Trinajstić information content (AvgIpc) is 2.89. The van der Waals surface area contributed by atoms with Crippen molar-refractivity contribution in [2.24, 2.45) is 11.3 Å². The molecule has 6 nitrogen and oxygen atoms in total. The van der Waals surface area contributed by atoms with E-state index in [4.69, 9.17) is 5.11 Å². The lowest BCUT2D eigenvalue weighted by molar-refractivity contribution is -0.137. The first-order chi connectivity index (χ1) is 13.0. The van der Waals surface area contributed by atoms with E-state index in [1.807, 2.05) is 13.8 Å². The zero-order valence-corrected chi connectivity index (χ0v) is 18.3. The Kier molecular flexibility index (Phi) is 7.26. The van der Waals surface area contributed by atoms with Gasteiger partial charge in [0, 0.05) is 23.8 Å². The largest absolute Gasteiger partial charge is 0.481 e. The number of aliphatic carboxylic acids is 1. The highest BCUT2D eigenvalue weighted by atomic mass is 32.1. The molecule has 1 aromatic heterocycles. The number of carbonyl (C=O) groups is 3. The average molecular weight is 409 g/mol. The van der Waals surface area contributed by atoms with Gasteiger partial charge in [-0.05, 0) is 56.4 Å². The van der Waals surface area contributed by atoms with Gasteiger partial charge in [-0.1, -0.05) is 20.8 Å². The van der Waals surface area contributed by atoms with Crippen LogP contribution in [0.1, 0.15) is 81.1 Å². The summed E-state index contributed by atoms with van der Waals surface area (Å²) in [4.78, 5) is 37.0. The Bertz CT molecular complexity index is 746. The maximum atomic E-state index is 12.8. The van der Waals surface area contributed by atoms with Crippen LogP contribution in [0.5, 0.6) is 0 Å². The van der Waals surface area contributed by atoms with Gasteiger partial charge < -0.3 is 15.7 Å². The highest BCUT2D eigenvalue weighted by Crippen LogP contribution is 2.44. The number of rotatable bonds is 7. The van der Waals surface area contributed by atoms with Crippen LogP contribution in [0.2, 0.25) is 0 Å². The Morgan fingerprint density at radius 3 is 2.46 bits per heavy atom. The Hall–Kier alpha value is -1.89. The third-order valence-electron chi connectivity index (χ3n) is 5.18. The molecule has 0 bridgehead atoms. The molecule has 0 aliphatic heterocycles. The van der Waals surface area contributed by atoms with E-state index in [0.29, 0.717) is 16.5 Å². The van der Waals surface area contributed by atoms with E-state index in [-0.39, 0.29) is 42.5 Å². The second-order valence-electron chi connectivity index (χ2n) is 8.94. The number of fused-ring (bicyclic) bond motifs is 1. The number of carboxylic acids is 1. The topological polar surface area (TPSA) is 95.5 Å². The summed E-state index contributed by atoms with van der Waals surface area (Å²) in [6.45, 7) is 10.6. The van der Waals surface area contributed by atoms with Crippen molar-refractivity contribution in [3.63, 3.8) is 0 Å². The van der Waals surface area contributed by atoms with Gasteiger partial charge in [-0.2, -0.15) is 0 Å². The van der Waals surface area contributed by atoms with Gasteiger partial charge in [-0.15, -0.1) is 11.3 Å². The van der Waals surface area contributed by atoms with Gasteiger partial charge in [0.15, 0.2) is 0 Å². The van der Waals surface area contributed by atoms with Gasteiger partial charge in [0.05, 0.1) is 5.56 Å². The predicted molar refractivity (Wildman–Crippen MR) is 112 cm³/mol. The lowest BCUT2D eigenvalue weighted by Gasteiger charge is -2.33. The van der Waals surface area contributed by atoms with E-state index in [2.05, 4.69) is 31.4 Å². The minimum Gasteiger partial charge on any atom is -0.481 e. The number of carboxylic acid groups (broad SMARTS) is 1. The van der Waals surface area contributed by atoms with Crippen molar-refractivity contribution in [2.75, 3.05) is 5.32 Å². The van der Waals surface area contributed by atoms with Gasteiger partial charge in [0.25, 0.3) is 5.91 Å². The molecule has 1 heterocycles. The molecule has 1 aliphatic carbocycles. The van der Waals surface area contributed by atoms with Crippen molar-refractivity contribution < 1.29 is 19.5 Å². The molecular formula is C21H32N2O4S. The quantitative estimate of drug-likeness (QED) is 0.629.